The Kier molecular flexibility index (Phi) is 4.84. The third kappa shape index (κ3) is 3.65. The van der Waals surface area contributed by atoms with E-state index in [1.54, 1.807) is 6.92 Å². The average molecular weight is 273 g/mol. The number of ether oxygens (including phenoxy) is 1. The number of amides is 2. The van der Waals surface area contributed by atoms with E-state index in [1.807, 2.05) is 0 Å². The standard InChI is InChI=1S/C11H19N3O5/c1-11(5-19-4-7(11)12)10(18)14-6(9(16)17)2-3-8(13)15/h6-7H,2-5,12H2,1H3,(H2,13,15)(H,14,18)(H,16,17). The first-order chi connectivity index (χ1) is 8.77. The Bertz CT molecular complexity index is 387. The Morgan fingerprint density at radius 1 is 1.53 bits per heavy atom. The van der Waals surface area contributed by atoms with E-state index in [0.29, 0.717) is 0 Å². The Balaban J connectivity index is 2.66. The lowest BCUT2D eigenvalue weighted by atomic mass is 9.84. The highest BCUT2D eigenvalue weighted by atomic mass is 16.5. The number of carbonyl (C=O) groups excluding carboxylic acids is 2. The molecule has 3 atom stereocenters. The van der Waals surface area contributed by atoms with Crippen molar-refractivity contribution >= 4 is 17.8 Å². The summed E-state index contributed by atoms with van der Waals surface area (Å²) in [4.78, 5) is 33.8. The van der Waals surface area contributed by atoms with Crippen molar-refractivity contribution in [3.05, 3.63) is 0 Å². The summed E-state index contributed by atoms with van der Waals surface area (Å²) in [6.45, 7) is 2.01. The maximum atomic E-state index is 12.1. The van der Waals surface area contributed by atoms with Crippen molar-refractivity contribution in [2.45, 2.75) is 31.8 Å². The van der Waals surface area contributed by atoms with Gasteiger partial charge in [-0.2, -0.15) is 0 Å². The normalized spacial score (nSPS) is 27.8. The molecule has 8 nitrogen and oxygen atoms in total. The molecule has 108 valence electrons. The van der Waals surface area contributed by atoms with E-state index in [4.69, 9.17) is 21.3 Å². The van der Waals surface area contributed by atoms with Crippen LogP contribution in [0.2, 0.25) is 0 Å². The monoisotopic (exact) mass is 273 g/mol. The van der Waals surface area contributed by atoms with Gasteiger partial charge in [-0.25, -0.2) is 4.79 Å². The molecule has 6 N–H and O–H groups in total. The minimum absolute atomic E-state index is 0.0530. The Labute approximate surface area is 110 Å². The van der Waals surface area contributed by atoms with Crippen LogP contribution in [0.25, 0.3) is 0 Å². The Morgan fingerprint density at radius 3 is 2.58 bits per heavy atom. The van der Waals surface area contributed by atoms with Gasteiger partial charge in [0.25, 0.3) is 0 Å². The van der Waals surface area contributed by atoms with Crippen molar-refractivity contribution in [1.29, 1.82) is 0 Å². The van der Waals surface area contributed by atoms with Crippen LogP contribution >= 0.6 is 0 Å². The van der Waals surface area contributed by atoms with Crippen LogP contribution < -0.4 is 16.8 Å². The van der Waals surface area contributed by atoms with Gasteiger partial charge in [0.1, 0.15) is 6.04 Å². The molecular formula is C11H19N3O5. The topological polar surface area (TPSA) is 145 Å². The van der Waals surface area contributed by atoms with Crippen molar-refractivity contribution in [2.24, 2.45) is 16.9 Å². The third-order valence-corrected chi connectivity index (χ3v) is 3.32. The molecule has 0 radical (unpaired) electrons. The van der Waals surface area contributed by atoms with E-state index in [0.717, 1.165) is 0 Å². The summed E-state index contributed by atoms with van der Waals surface area (Å²) in [5, 5.41) is 11.4. The molecule has 0 aromatic carbocycles. The van der Waals surface area contributed by atoms with Crippen LogP contribution in [0.1, 0.15) is 19.8 Å². The first kappa shape index (κ1) is 15.4. The van der Waals surface area contributed by atoms with Gasteiger partial charge in [0, 0.05) is 12.5 Å². The summed E-state index contributed by atoms with van der Waals surface area (Å²) in [6, 6.07) is -1.65. The molecule has 8 heteroatoms. The summed E-state index contributed by atoms with van der Waals surface area (Å²) < 4.78 is 5.13. The second-order valence-electron chi connectivity index (χ2n) is 4.91. The van der Waals surface area contributed by atoms with Gasteiger partial charge < -0.3 is 26.6 Å². The van der Waals surface area contributed by atoms with Gasteiger partial charge >= 0.3 is 5.97 Å². The van der Waals surface area contributed by atoms with Crippen LogP contribution in [0.3, 0.4) is 0 Å². The second kappa shape index (κ2) is 5.98. The molecule has 1 heterocycles. The largest absolute Gasteiger partial charge is 0.480 e. The zero-order valence-corrected chi connectivity index (χ0v) is 10.7. The van der Waals surface area contributed by atoms with Gasteiger partial charge in [0.2, 0.25) is 11.8 Å². The zero-order valence-electron chi connectivity index (χ0n) is 10.7. The van der Waals surface area contributed by atoms with Gasteiger partial charge in [0.15, 0.2) is 0 Å². The van der Waals surface area contributed by atoms with Crippen LogP contribution in [0, 0.1) is 5.41 Å². The number of hydrogen-bond acceptors (Lipinski definition) is 5. The van der Waals surface area contributed by atoms with Crippen LogP contribution in [-0.4, -0.2) is 48.2 Å². The van der Waals surface area contributed by atoms with Crippen molar-refractivity contribution in [3.63, 3.8) is 0 Å². The van der Waals surface area contributed by atoms with E-state index < -0.39 is 35.3 Å². The van der Waals surface area contributed by atoms with Gasteiger partial charge in [0.05, 0.1) is 18.6 Å². The number of primary amides is 1. The van der Waals surface area contributed by atoms with E-state index in [9.17, 15) is 14.4 Å². The predicted molar refractivity (Wildman–Crippen MR) is 64.9 cm³/mol. The number of carboxylic acid groups (broad SMARTS) is 1. The van der Waals surface area contributed by atoms with E-state index in [1.165, 1.54) is 0 Å². The van der Waals surface area contributed by atoms with Gasteiger partial charge in [-0.15, -0.1) is 0 Å². The minimum atomic E-state index is -1.22. The van der Waals surface area contributed by atoms with Crippen molar-refractivity contribution in [1.82, 2.24) is 5.32 Å². The van der Waals surface area contributed by atoms with Gasteiger partial charge in [-0.05, 0) is 13.3 Å². The maximum Gasteiger partial charge on any atom is 0.326 e. The van der Waals surface area contributed by atoms with Crippen molar-refractivity contribution < 1.29 is 24.2 Å². The molecule has 0 saturated carbocycles. The number of carboxylic acids is 1. The number of nitrogens with one attached hydrogen (secondary N) is 1. The summed E-state index contributed by atoms with van der Waals surface area (Å²) in [6.07, 6.45) is -0.168. The van der Waals surface area contributed by atoms with Crippen LogP contribution in [-0.2, 0) is 19.1 Å². The van der Waals surface area contributed by atoms with Crippen LogP contribution in [0.15, 0.2) is 0 Å². The number of aliphatic carboxylic acids is 1. The highest BCUT2D eigenvalue weighted by Crippen LogP contribution is 2.27. The fraction of sp³-hybridized carbons (Fsp3) is 0.727. The third-order valence-electron chi connectivity index (χ3n) is 3.32. The summed E-state index contributed by atoms with van der Waals surface area (Å²) in [5.41, 5.74) is 9.78. The van der Waals surface area contributed by atoms with Crippen LogP contribution in [0.5, 0.6) is 0 Å². The van der Waals surface area contributed by atoms with Gasteiger partial charge in [-0.3, -0.25) is 9.59 Å². The molecule has 0 aromatic rings. The number of hydrogen-bond donors (Lipinski definition) is 4. The SMILES string of the molecule is CC1(C(=O)NC(CCC(N)=O)C(=O)O)COCC1N. The van der Waals surface area contributed by atoms with E-state index >= 15 is 0 Å². The highest BCUT2D eigenvalue weighted by molar-refractivity contribution is 5.88. The molecule has 3 unspecified atom stereocenters. The molecule has 0 aromatic heterocycles. The zero-order chi connectivity index (χ0) is 14.6. The molecule has 1 aliphatic rings. The summed E-state index contributed by atoms with van der Waals surface area (Å²) >= 11 is 0. The molecule has 1 saturated heterocycles. The number of nitrogens with two attached hydrogens (primary N) is 2. The van der Waals surface area contributed by atoms with E-state index in [-0.39, 0.29) is 26.1 Å². The summed E-state index contributed by atoms with van der Waals surface area (Å²) in [7, 11) is 0. The molecule has 19 heavy (non-hydrogen) atoms. The fourth-order valence-electron chi connectivity index (χ4n) is 1.79. The molecule has 0 bridgehead atoms. The van der Waals surface area contributed by atoms with E-state index in [2.05, 4.69) is 5.32 Å². The average Bonchev–Trinajstić information content (AvgIpc) is 2.65. The number of carbonyl (C=O) groups is 3. The van der Waals surface area contributed by atoms with Crippen molar-refractivity contribution in [2.75, 3.05) is 13.2 Å². The van der Waals surface area contributed by atoms with Crippen LogP contribution in [0.4, 0.5) is 0 Å². The second-order valence-corrected chi connectivity index (χ2v) is 4.91. The molecule has 0 spiro atoms. The molecule has 2 amide bonds. The first-order valence-electron chi connectivity index (χ1n) is 5.92. The fourth-order valence-corrected chi connectivity index (χ4v) is 1.79. The van der Waals surface area contributed by atoms with Gasteiger partial charge in [-0.1, -0.05) is 0 Å². The number of rotatable bonds is 6. The molecular weight excluding hydrogens is 254 g/mol. The van der Waals surface area contributed by atoms with Crippen molar-refractivity contribution in [3.8, 4) is 0 Å². The predicted octanol–water partition coefficient (Wildman–Crippen LogP) is -1.81. The lowest BCUT2D eigenvalue weighted by molar-refractivity contribution is -0.144. The highest BCUT2D eigenvalue weighted by Gasteiger charge is 2.45. The maximum absolute atomic E-state index is 12.1. The minimum Gasteiger partial charge on any atom is -0.480 e. The quantitative estimate of drug-likeness (QED) is 0.448. The Morgan fingerprint density at radius 2 is 2.16 bits per heavy atom. The lowest BCUT2D eigenvalue weighted by Gasteiger charge is -2.27. The lowest BCUT2D eigenvalue weighted by Crippen LogP contribution is -2.54. The smallest absolute Gasteiger partial charge is 0.326 e. The molecule has 1 rings (SSSR count). The first-order valence-corrected chi connectivity index (χ1v) is 5.92. The molecule has 0 aliphatic carbocycles. The Hall–Kier alpha value is -1.67. The summed E-state index contributed by atoms with van der Waals surface area (Å²) in [5.74, 6) is -2.33. The molecule has 1 aliphatic heterocycles. The molecule has 1 fully saturated rings.